The van der Waals surface area contributed by atoms with Gasteiger partial charge in [0.2, 0.25) is 0 Å². The summed E-state index contributed by atoms with van der Waals surface area (Å²) in [5.74, 6) is 0.694. The topological polar surface area (TPSA) is 36.9 Å². The van der Waals surface area contributed by atoms with Gasteiger partial charge in [0.1, 0.15) is 5.60 Å². The van der Waals surface area contributed by atoms with Crippen LogP contribution in [0.2, 0.25) is 0 Å². The van der Waals surface area contributed by atoms with E-state index < -0.39 is 5.60 Å². The first-order chi connectivity index (χ1) is 19.4. The standard InChI is InChI=1S/C33H50B2O4S2/c1-10-12-14-16-18-25-22-29(34-36-24(3)31(4,5)37-34)40-27(25)20-21-28-26(19-17-15-13-11-2)23-30(41-28)35-38-32(6,7)33(8,9)39-35/h20-23H,3,10-19H2,1-2,4-9H3/b21-20+. The molecule has 0 radical (unpaired) electrons. The first kappa shape index (κ1) is 32.6. The molecule has 4 rings (SSSR count). The van der Waals surface area contributed by atoms with Crippen LogP contribution in [0.15, 0.2) is 24.5 Å². The Labute approximate surface area is 258 Å². The Balaban J connectivity index is 1.60. The third-order valence-corrected chi connectivity index (χ3v) is 11.1. The van der Waals surface area contributed by atoms with Gasteiger partial charge in [0.05, 0.1) is 21.7 Å². The Morgan fingerprint density at radius 3 is 1.56 bits per heavy atom. The van der Waals surface area contributed by atoms with Gasteiger partial charge in [-0.25, -0.2) is 0 Å². The molecule has 4 heterocycles. The number of unbranched alkanes of at least 4 members (excludes halogenated alkanes) is 6. The van der Waals surface area contributed by atoms with E-state index in [1.165, 1.54) is 72.2 Å². The Bertz CT molecular complexity index is 1190. The van der Waals surface area contributed by atoms with Gasteiger partial charge in [-0.05, 0) is 103 Å². The van der Waals surface area contributed by atoms with Crippen molar-refractivity contribution in [3.63, 3.8) is 0 Å². The summed E-state index contributed by atoms with van der Waals surface area (Å²) in [6.45, 7) is 21.1. The Morgan fingerprint density at radius 1 is 0.683 bits per heavy atom. The molecule has 0 spiro atoms. The highest BCUT2D eigenvalue weighted by molar-refractivity contribution is 7.24. The lowest BCUT2D eigenvalue weighted by Gasteiger charge is -2.32. The van der Waals surface area contributed by atoms with Gasteiger partial charge < -0.3 is 18.6 Å². The van der Waals surface area contributed by atoms with Gasteiger partial charge in [0.25, 0.3) is 0 Å². The first-order valence-electron chi connectivity index (χ1n) is 15.7. The molecule has 0 atom stereocenters. The van der Waals surface area contributed by atoms with E-state index >= 15 is 0 Å². The minimum absolute atomic E-state index is 0.322. The fourth-order valence-corrected chi connectivity index (χ4v) is 7.33. The molecule has 2 aromatic heterocycles. The van der Waals surface area contributed by atoms with Crippen molar-refractivity contribution in [1.82, 2.24) is 0 Å². The number of hydrogen-bond donors (Lipinski definition) is 0. The number of rotatable bonds is 14. The molecule has 0 aliphatic carbocycles. The maximum Gasteiger partial charge on any atom is 0.574 e. The summed E-state index contributed by atoms with van der Waals surface area (Å²) < 4.78 is 27.4. The number of thiophene rings is 2. The summed E-state index contributed by atoms with van der Waals surface area (Å²) in [5, 5.41) is 0. The molecule has 8 heteroatoms. The summed E-state index contributed by atoms with van der Waals surface area (Å²) in [6.07, 6.45) is 16.8. The van der Waals surface area contributed by atoms with Crippen LogP contribution in [0.1, 0.15) is 128 Å². The van der Waals surface area contributed by atoms with Crippen molar-refractivity contribution in [3.05, 3.63) is 45.4 Å². The fourth-order valence-electron chi connectivity index (χ4n) is 5.17. The maximum atomic E-state index is 6.42. The summed E-state index contributed by atoms with van der Waals surface area (Å²) in [7, 11) is -0.706. The molecule has 224 valence electrons. The maximum absolute atomic E-state index is 6.42. The van der Waals surface area contributed by atoms with E-state index in [1.54, 1.807) is 11.3 Å². The van der Waals surface area contributed by atoms with Crippen molar-refractivity contribution in [1.29, 1.82) is 0 Å². The molecule has 0 unspecified atom stereocenters. The van der Waals surface area contributed by atoms with Crippen LogP contribution in [0.3, 0.4) is 0 Å². The van der Waals surface area contributed by atoms with Gasteiger partial charge in [-0.2, -0.15) is 0 Å². The second-order valence-corrected chi connectivity index (χ2v) is 15.4. The number of aryl methyl sites for hydroxylation is 2. The Kier molecular flexibility index (Phi) is 10.8. The highest BCUT2D eigenvalue weighted by Gasteiger charge is 2.52. The van der Waals surface area contributed by atoms with E-state index in [2.05, 4.69) is 72.4 Å². The molecule has 0 N–H and O–H groups in total. The second kappa shape index (κ2) is 13.5. The van der Waals surface area contributed by atoms with Gasteiger partial charge in [-0.3, -0.25) is 0 Å². The number of hydrogen-bond acceptors (Lipinski definition) is 6. The van der Waals surface area contributed by atoms with Crippen molar-refractivity contribution in [2.24, 2.45) is 0 Å². The fraction of sp³-hybridized carbons (Fsp3) is 0.636. The zero-order valence-corrected chi connectivity index (χ0v) is 28.3. The average molecular weight is 597 g/mol. The van der Waals surface area contributed by atoms with E-state index in [1.807, 2.05) is 25.2 Å². The lowest BCUT2D eigenvalue weighted by atomic mass is 9.87. The van der Waals surface area contributed by atoms with Crippen molar-refractivity contribution >= 4 is 58.6 Å². The molecule has 41 heavy (non-hydrogen) atoms. The van der Waals surface area contributed by atoms with Crippen LogP contribution < -0.4 is 9.55 Å². The molecule has 0 bridgehead atoms. The lowest BCUT2D eigenvalue weighted by Crippen LogP contribution is -2.41. The van der Waals surface area contributed by atoms with E-state index in [-0.39, 0.29) is 25.4 Å². The molecule has 2 fully saturated rings. The molecule has 0 saturated carbocycles. The Morgan fingerprint density at radius 2 is 1.15 bits per heavy atom. The van der Waals surface area contributed by atoms with Crippen molar-refractivity contribution in [3.8, 4) is 0 Å². The zero-order chi connectivity index (χ0) is 29.8. The molecule has 4 nitrogen and oxygen atoms in total. The summed E-state index contributed by atoms with van der Waals surface area (Å²) in [4.78, 5) is 2.60. The normalized spacial score (nSPS) is 19.6. The quantitative estimate of drug-likeness (QED) is 0.162. The van der Waals surface area contributed by atoms with Crippen LogP contribution in [-0.2, 0) is 31.5 Å². The minimum atomic E-state index is -0.473. The van der Waals surface area contributed by atoms with Gasteiger partial charge in [-0.1, -0.05) is 59.0 Å². The van der Waals surface area contributed by atoms with Crippen molar-refractivity contribution in [2.75, 3.05) is 0 Å². The molecule has 2 aromatic rings. The second-order valence-electron chi connectivity index (χ2n) is 13.1. The molecular formula is C33H50B2O4S2. The van der Waals surface area contributed by atoms with Crippen molar-refractivity contribution < 1.29 is 18.6 Å². The Hall–Kier alpha value is -1.31. The minimum Gasteiger partial charge on any atom is -0.533 e. The average Bonchev–Trinajstić information content (AvgIpc) is 3.62. The first-order valence-corrected chi connectivity index (χ1v) is 17.3. The van der Waals surface area contributed by atoms with Crippen LogP contribution in [-0.4, -0.2) is 31.0 Å². The van der Waals surface area contributed by atoms with Gasteiger partial charge >= 0.3 is 14.2 Å². The third kappa shape index (κ3) is 7.80. The van der Waals surface area contributed by atoms with Crippen LogP contribution in [0.5, 0.6) is 0 Å². The van der Waals surface area contributed by atoms with Gasteiger partial charge in [-0.15, -0.1) is 22.7 Å². The highest BCUT2D eigenvalue weighted by Crippen LogP contribution is 2.38. The smallest absolute Gasteiger partial charge is 0.533 e. The summed E-state index contributed by atoms with van der Waals surface area (Å²) >= 11 is 3.59. The summed E-state index contributed by atoms with van der Waals surface area (Å²) in [6, 6.07) is 4.63. The molecular weight excluding hydrogens is 546 g/mol. The van der Waals surface area contributed by atoms with E-state index in [0.717, 1.165) is 22.4 Å². The SMILES string of the molecule is C=C1OB(c2cc(CCCCCC)c(/C=C/c3sc(B4OC(C)(C)C(C)(C)O4)cc3CCCCCC)s2)OC1(C)C. The predicted molar refractivity (Wildman–Crippen MR) is 180 cm³/mol. The van der Waals surface area contributed by atoms with Crippen LogP contribution in [0, 0.1) is 0 Å². The molecule has 2 aliphatic rings. The van der Waals surface area contributed by atoms with E-state index in [9.17, 15) is 0 Å². The lowest BCUT2D eigenvalue weighted by molar-refractivity contribution is 0.00578. The van der Waals surface area contributed by atoms with Gasteiger partial charge in [0, 0.05) is 14.5 Å². The van der Waals surface area contributed by atoms with Crippen molar-refractivity contribution in [2.45, 2.75) is 136 Å². The molecule has 0 aromatic carbocycles. The predicted octanol–water partition coefficient (Wildman–Crippen LogP) is 8.56. The third-order valence-electron chi connectivity index (χ3n) is 8.75. The molecule has 0 amide bonds. The summed E-state index contributed by atoms with van der Waals surface area (Å²) in [5.41, 5.74) is 1.62. The largest absolute Gasteiger partial charge is 0.574 e. The van der Waals surface area contributed by atoms with E-state index in [0.29, 0.717) is 5.76 Å². The molecule has 2 aliphatic heterocycles. The highest BCUT2D eigenvalue weighted by atomic mass is 32.1. The van der Waals surface area contributed by atoms with Crippen LogP contribution in [0.25, 0.3) is 12.2 Å². The van der Waals surface area contributed by atoms with Gasteiger partial charge in [0.15, 0.2) is 0 Å². The van der Waals surface area contributed by atoms with Crippen LogP contribution in [0.4, 0.5) is 0 Å². The zero-order valence-electron chi connectivity index (χ0n) is 26.7. The van der Waals surface area contributed by atoms with E-state index in [4.69, 9.17) is 18.6 Å². The molecule has 2 saturated heterocycles. The van der Waals surface area contributed by atoms with Crippen LogP contribution >= 0.6 is 22.7 Å². The monoisotopic (exact) mass is 596 g/mol.